The average Bonchev–Trinajstić information content (AvgIpc) is 2.85. The molecule has 1 aromatic heterocycles. The highest BCUT2D eigenvalue weighted by atomic mass is 32.2. The minimum Gasteiger partial charge on any atom is -0.385 e. The van der Waals surface area contributed by atoms with Crippen LogP contribution in [0.3, 0.4) is 0 Å². The summed E-state index contributed by atoms with van der Waals surface area (Å²) in [4.78, 5) is 0.976. The lowest BCUT2D eigenvalue weighted by molar-refractivity contribution is 0.603. The Morgan fingerprint density at radius 2 is 1.67 bits per heavy atom. The van der Waals surface area contributed by atoms with Gasteiger partial charge in [0.2, 0.25) is 0 Å². The van der Waals surface area contributed by atoms with Crippen molar-refractivity contribution in [3.63, 3.8) is 0 Å². The minimum absolute atomic E-state index is 0.335. The van der Waals surface area contributed by atoms with Crippen molar-refractivity contribution in [1.82, 2.24) is 0 Å². The lowest BCUT2D eigenvalue weighted by atomic mass is 10.2. The zero-order valence-electron chi connectivity index (χ0n) is 12.4. The van der Waals surface area contributed by atoms with Gasteiger partial charge < -0.3 is 5.32 Å². The Balaban J connectivity index is 2.06. The first-order valence-electron chi connectivity index (χ1n) is 6.80. The number of sulfonamides is 1. The van der Waals surface area contributed by atoms with Crippen molar-refractivity contribution in [2.45, 2.75) is 25.0 Å². The molecular weight excluding hydrogens is 304 g/mol. The minimum atomic E-state index is -3.48. The normalized spacial score (nSPS) is 11.6. The van der Waals surface area contributed by atoms with E-state index in [0.29, 0.717) is 15.8 Å². The monoisotopic (exact) mass is 324 g/mol. The van der Waals surface area contributed by atoms with Crippen molar-refractivity contribution in [3.05, 3.63) is 41.3 Å². The van der Waals surface area contributed by atoms with E-state index >= 15 is 0 Å². The molecule has 6 heteroatoms. The molecule has 0 unspecified atom stereocenters. The van der Waals surface area contributed by atoms with Crippen molar-refractivity contribution in [3.8, 4) is 0 Å². The summed E-state index contributed by atoms with van der Waals surface area (Å²) in [5, 5.41) is 3.29. The summed E-state index contributed by atoms with van der Waals surface area (Å²) in [6, 6.07) is 10.7. The lowest BCUT2D eigenvalue weighted by Gasteiger charge is -2.10. The molecule has 0 aliphatic carbocycles. The van der Waals surface area contributed by atoms with E-state index in [0.717, 1.165) is 17.1 Å². The first kappa shape index (κ1) is 15.9. The number of hydrogen-bond donors (Lipinski definition) is 2. The number of anilines is 2. The van der Waals surface area contributed by atoms with E-state index < -0.39 is 10.0 Å². The lowest BCUT2D eigenvalue weighted by Crippen LogP contribution is -2.11. The number of thiophene rings is 1. The Kier molecular flexibility index (Phi) is 4.90. The Labute approximate surface area is 130 Å². The van der Waals surface area contributed by atoms with Gasteiger partial charge in [0.15, 0.2) is 0 Å². The van der Waals surface area contributed by atoms with Gasteiger partial charge in [-0.15, -0.1) is 11.3 Å². The summed E-state index contributed by atoms with van der Waals surface area (Å²) in [6.45, 7) is 7.05. The molecule has 1 aromatic carbocycles. The highest BCUT2D eigenvalue weighted by Crippen LogP contribution is 2.24. The largest absolute Gasteiger partial charge is 0.385 e. The van der Waals surface area contributed by atoms with Crippen LogP contribution in [0.2, 0.25) is 0 Å². The molecule has 1 heterocycles. The molecule has 21 heavy (non-hydrogen) atoms. The Morgan fingerprint density at radius 3 is 2.19 bits per heavy atom. The van der Waals surface area contributed by atoms with Crippen molar-refractivity contribution >= 4 is 32.7 Å². The van der Waals surface area contributed by atoms with Crippen LogP contribution in [0.15, 0.2) is 40.6 Å². The third-order valence-corrected chi connectivity index (χ3v) is 5.71. The van der Waals surface area contributed by atoms with Gasteiger partial charge in [0.1, 0.15) is 4.21 Å². The molecule has 0 saturated carbocycles. The smallest absolute Gasteiger partial charge is 0.271 e. The van der Waals surface area contributed by atoms with Gasteiger partial charge >= 0.3 is 0 Å². The summed E-state index contributed by atoms with van der Waals surface area (Å²) in [5.74, 6) is 0.560. The predicted octanol–water partition coefficient (Wildman–Crippen LogP) is 3.93. The summed E-state index contributed by atoms with van der Waals surface area (Å²) < 4.78 is 27.3. The second-order valence-corrected chi connectivity index (χ2v) is 8.52. The van der Waals surface area contributed by atoms with Gasteiger partial charge in [0.05, 0.1) is 0 Å². The fourth-order valence-corrected chi connectivity index (χ4v) is 4.08. The molecule has 2 N–H and O–H groups in total. The van der Waals surface area contributed by atoms with E-state index in [1.807, 2.05) is 19.1 Å². The van der Waals surface area contributed by atoms with Crippen LogP contribution in [0.1, 0.15) is 18.7 Å². The van der Waals surface area contributed by atoms with Gasteiger partial charge in [-0.2, -0.15) is 0 Å². The predicted molar refractivity (Wildman–Crippen MR) is 89.6 cm³/mol. The second-order valence-electron chi connectivity index (χ2n) is 5.32. The molecule has 4 nitrogen and oxygen atoms in total. The Hall–Kier alpha value is -1.53. The SMILES string of the molecule is Cc1ccc(S(=O)(=O)Nc2ccc(NCC(C)C)cc2)s1. The van der Waals surface area contributed by atoms with E-state index in [1.165, 1.54) is 11.3 Å². The van der Waals surface area contributed by atoms with E-state index in [-0.39, 0.29) is 0 Å². The fourth-order valence-electron chi connectivity index (χ4n) is 1.74. The van der Waals surface area contributed by atoms with Gasteiger partial charge in [0, 0.05) is 22.8 Å². The van der Waals surface area contributed by atoms with Gasteiger partial charge in [-0.3, -0.25) is 4.72 Å². The summed E-state index contributed by atoms with van der Waals surface area (Å²) in [6.07, 6.45) is 0. The van der Waals surface area contributed by atoms with Crippen LogP contribution in [0.5, 0.6) is 0 Å². The number of benzene rings is 1. The quantitative estimate of drug-likeness (QED) is 0.846. The zero-order valence-corrected chi connectivity index (χ0v) is 14.0. The Bertz CT molecular complexity index is 689. The van der Waals surface area contributed by atoms with Crippen LogP contribution < -0.4 is 10.0 Å². The number of rotatable bonds is 6. The third kappa shape index (κ3) is 4.47. The highest BCUT2D eigenvalue weighted by molar-refractivity contribution is 7.94. The standard InChI is InChI=1S/C15H20N2O2S2/c1-11(2)10-16-13-5-7-14(8-6-13)17-21(18,19)15-9-4-12(3)20-15/h4-9,11,16-17H,10H2,1-3H3. The van der Waals surface area contributed by atoms with Crippen molar-refractivity contribution in [1.29, 1.82) is 0 Å². The molecule has 0 aliphatic rings. The van der Waals surface area contributed by atoms with E-state index in [4.69, 9.17) is 0 Å². The molecule has 0 atom stereocenters. The first-order valence-corrected chi connectivity index (χ1v) is 9.10. The van der Waals surface area contributed by atoms with E-state index in [2.05, 4.69) is 23.9 Å². The van der Waals surface area contributed by atoms with Crippen LogP contribution >= 0.6 is 11.3 Å². The molecule has 0 fully saturated rings. The molecular formula is C15H20N2O2S2. The van der Waals surface area contributed by atoms with E-state index in [1.54, 1.807) is 24.3 Å². The Morgan fingerprint density at radius 1 is 1.05 bits per heavy atom. The molecule has 2 aromatic rings. The third-order valence-electron chi connectivity index (χ3n) is 2.83. The van der Waals surface area contributed by atoms with Crippen LogP contribution in [0.25, 0.3) is 0 Å². The maximum absolute atomic E-state index is 12.2. The van der Waals surface area contributed by atoms with Gasteiger partial charge in [-0.05, 0) is 49.2 Å². The van der Waals surface area contributed by atoms with Gasteiger partial charge in [0.25, 0.3) is 10.0 Å². The van der Waals surface area contributed by atoms with Crippen LogP contribution in [-0.2, 0) is 10.0 Å². The maximum Gasteiger partial charge on any atom is 0.271 e. The highest BCUT2D eigenvalue weighted by Gasteiger charge is 2.16. The number of aryl methyl sites for hydroxylation is 1. The van der Waals surface area contributed by atoms with Crippen LogP contribution in [-0.4, -0.2) is 15.0 Å². The summed E-state index contributed by atoms with van der Waals surface area (Å²) >= 11 is 1.27. The summed E-state index contributed by atoms with van der Waals surface area (Å²) in [7, 11) is -3.48. The van der Waals surface area contributed by atoms with Crippen LogP contribution in [0.4, 0.5) is 11.4 Å². The number of hydrogen-bond acceptors (Lipinski definition) is 4. The molecule has 0 aliphatic heterocycles. The van der Waals surface area contributed by atoms with Crippen molar-refractivity contribution in [2.75, 3.05) is 16.6 Å². The topological polar surface area (TPSA) is 58.2 Å². The zero-order chi connectivity index (χ0) is 15.5. The second kappa shape index (κ2) is 6.49. The molecule has 0 amide bonds. The average molecular weight is 324 g/mol. The molecule has 114 valence electrons. The molecule has 2 rings (SSSR count). The van der Waals surface area contributed by atoms with Crippen molar-refractivity contribution < 1.29 is 8.42 Å². The van der Waals surface area contributed by atoms with E-state index in [9.17, 15) is 8.42 Å². The number of nitrogens with one attached hydrogen (secondary N) is 2. The molecule has 0 spiro atoms. The van der Waals surface area contributed by atoms with Crippen molar-refractivity contribution in [2.24, 2.45) is 5.92 Å². The van der Waals surface area contributed by atoms with Gasteiger partial charge in [-0.25, -0.2) is 8.42 Å². The van der Waals surface area contributed by atoms with Crippen LogP contribution in [0, 0.1) is 12.8 Å². The van der Waals surface area contributed by atoms with Gasteiger partial charge in [-0.1, -0.05) is 13.8 Å². The maximum atomic E-state index is 12.2. The molecule has 0 saturated heterocycles. The first-order chi connectivity index (χ1) is 9.87. The molecule has 0 radical (unpaired) electrons. The summed E-state index contributed by atoms with van der Waals surface area (Å²) in [5.41, 5.74) is 1.55. The fraction of sp³-hybridized carbons (Fsp3) is 0.333. The molecule has 0 bridgehead atoms.